The topological polar surface area (TPSA) is 98.1 Å². The fourth-order valence-corrected chi connectivity index (χ4v) is 4.17. The third kappa shape index (κ3) is 6.19. The predicted molar refractivity (Wildman–Crippen MR) is 151 cm³/mol. The number of nitrogens with one attached hydrogen (secondary N) is 2. The molecule has 8 nitrogen and oxygen atoms in total. The maximum absolute atomic E-state index is 13.7. The van der Waals surface area contributed by atoms with Crippen LogP contribution in [0.5, 0.6) is 11.5 Å². The van der Waals surface area contributed by atoms with E-state index in [4.69, 9.17) is 4.74 Å². The van der Waals surface area contributed by atoms with E-state index in [0.29, 0.717) is 29.2 Å². The molecule has 2 heterocycles. The molecule has 3 aromatic carbocycles. The van der Waals surface area contributed by atoms with Crippen LogP contribution in [-0.4, -0.2) is 20.7 Å². The molecule has 0 fully saturated rings. The summed E-state index contributed by atoms with van der Waals surface area (Å²) in [5.74, 6) is 0.618. The van der Waals surface area contributed by atoms with Gasteiger partial charge in [0.1, 0.15) is 5.75 Å². The molecule has 0 radical (unpaired) electrons. The summed E-state index contributed by atoms with van der Waals surface area (Å²) in [7, 11) is 0. The molecular weight excluding hydrogens is 490 g/mol. The second kappa shape index (κ2) is 11.4. The van der Waals surface area contributed by atoms with Gasteiger partial charge >= 0.3 is 0 Å². The highest BCUT2D eigenvalue weighted by Gasteiger charge is 2.16. The fraction of sp³-hybridized carbons (Fsp3) is 0.0968. The van der Waals surface area contributed by atoms with Gasteiger partial charge in [-0.1, -0.05) is 36.4 Å². The number of para-hydroxylation sites is 1. The quantitative estimate of drug-likeness (QED) is 0.274. The van der Waals surface area contributed by atoms with Crippen molar-refractivity contribution < 1.29 is 9.53 Å². The summed E-state index contributed by atoms with van der Waals surface area (Å²) in [5, 5.41) is 10.4. The van der Waals surface area contributed by atoms with Crippen LogP contribution in [0.15, 0.2) is 108 Å². The second-order valence-electron chi connectivity index (χ2n) is 9.11. The SMILES string of the molecule is Cc1cc(C)cc(Oc2cnn(-c3ccccc3)c(=O)c2Nc2cccc(C(=O)NCc3cccnc3)c2)c1. The minimum Gasteiger partial charge on any atom is -0.453 e. The highest BCUT2D eigenvalue weighted by Crippen LogP contribution is 2.30. The third-order valence-electron chi connectivity index (χ3n) is 5.94. The zero-order valence-electron chi connectivity index (χ0n) is 21.6. The molecule has 0 saturated carbocycles. The highest BCUT2D eigenvalue weighted by atomic mass is 16.5. The first-order valence-corrected chi connectivity index (χ1v) is 12.4. The van der Waals surface area contributed by atoms with Crippen LogP contribution in [-0.2, 0) is 6.54 Å². The number of rotatable bonds is 8. The van der Waals surface area contributed by atoms with Crippen LogP contribution >= 0.6 is 0 Å². The molecule has 0 aliphatic rings. The van der Waals surface area contributed by atoms with Gasteiger partial charge in [-0.3, -0.25) is 14.6 Å². The Morgan fingerprint density at radius 3 is 2.44 bits per heavy atom. The number of benzene rings is 3. The average molecular weight is 518 g/mol. The van der Waals surface area contributed by atoms with Gasteiger partial charge < -0.3 is 15.4 Å². The van der Waals surface area contributed by atoms with Crippen molar-refractivity contribution in [3.8, 4) is 17.2 Å². The van der Waals surface area contributed by atoms with Crippen molar-refractivity contribution >= 4 is 17.3 Å². The van der Waals surface area contributed by atoms with E-state index in [-0.39, 0.29) is 17.3 Å². The van der Waals surface area contributed by atoms with E-state index in [0.717, 1.165) is 16.7 Å². The third-order valence-corrected chi connectivity index (χ3v) is 5.94. The molecule has 0 atom stereocenters. The number of ether oxygens (including phenoxy) is 1. The number of carbonyl (C=O) groups excluding carboxylic acids is 1. The van der Waals surface area contributed by atoms with Gasteiger partial charge in [0.2, 0.25) is 0 Å². The Kier molecular flexibility index (Phi) is 7.45. The largest absolute Gasteiger partial charge is 0.453 e. The van der Waals surface area contributed by atoms with E-state index in [1.54, 1.807) is 48.8 Å². The molecule has 2 aromatic heterocycles. The van der Waals surface area contributed by atoms with Gasteiger partial charge in [0.25, 0.3) is 11.5 Å². The number of nitrogens with zero attached hydrogens (tertiary/aromatic N) is 3. The zero-order valence-corrected chi connectivity index (χ0v) is 21.6. The van der Waals surface area contributed by atoms with E-state index >= 15 is 0 Å². The molecule has 0 bridgehead atoms. The number of hydrogen-bond donors (Lipinski definition) is 2. The van der Waals surface area contributed by atoms with Crippen LogP contribution in [0.25, 0.3) is 5.69 Å². The first kappa shape index (κ1) is 25.4. The van der Waals surface area contributed by atoms with Crippen LogP contribution in [0, 0.1) is 13.8 Å². The standard InChI is InChI=1S/C31H27N5O3/c1-21-14-22(2)16-27(15-21)39-28-20-34-36(26-11-4-3-5-12-26)31(38)29(28)35-25-10-6-9-24(17-25)30(37)33-19-23-8-7-13-32-18-23/h3-18,20,35H,19H2,1-2H3,(H,33,37). The molecule has 2 N–H and O–H groups in total. The average Bonchev–Trinajstić information content (AvgIpc) is 2.94. The summed E-state index contributed by atoms with van der Waals surface area (Å²) < 4.78 is 7.46. The van der Waals surface area contributed by atoms with Crippen molar-refractivity contribution in [1.82, 2.24) is 20.1 Å². The molecule has 8 heteroatoms. The number of hydrogen-bond acceptors (Lipinski definition) is 6. The van der Waals surface area contributed by atoms with Gasteiger partial charge in [-0.15, -0.1) is 0 Å². The van der Waals surface area contributed by atoms with E-state index in [9.17, 15) is 9.59 Å². The Bertz CT molecular complexity index is 1650. The molecule has 0 unspecified atom stereocenters. The zero-order chi connectivity index (χ0) is 27.2. The van der Waals surface area contributed by atoms with Gasteiger partial charge in [0, 0.05) is 30.2 Å². The molecule has 39 heavy (non-hydrogen) atoms. The summed E-state index contributed by atoms with van der Waals surface area (Å²) in [4.78, 5) is 30.6. The van der Waals surface area contributed by atoms with Crippen molar-refractivity contribution in [2.24, 2.45) is 0 Å². The molecule has 0 saturated heterocycles. The smallest absolute Gasteiger partial charge is 0.299 e. The first-order chi connectivity index (χ1) is 19.0. The Morgan fingerprint density at radius 1 is 0.897 bits per heavy atom. The molecular formula is C31H27N5O3. The van der Waals surface area contributed by atoms with Gasteiger partial charge in [0.05, 0.1) is 11.9 Å². The maximum Gasteiger partial charge on any atom is 0.299 e. The minimum atomic E-state index is -0.394. The predicted octanol–water partition coefficient (Wildman–Crippen LogP) is 5.71. The van der Waals surface area contributed by atoms with Crippen LogP contribution in [0.4, 0.5) is 11.4 Å². The molecule has 0 aliphatic heterocycles. The lowest BCUT2D eigenvalue weighted by Crippen LogP contribution is -2.24. The van der Waals surface area contributed by atoms with Gasteiger partial charge in [0.15, 0.2) is 11.4 Å². The summed E-state index contributed by atoms with van der Waals surface area (Å²) in [5.41, 5.74) is 4.38. The normalized spacial score (nSPS) is 10.6. The maximum atomic E-state index is 13.7. The summed E-state index contributed by atoms with van der Waals surface area (Å²) in [6.45, 7) is 4.31. The van der Waals surface area contributed by atoms with Gasteiger partial charge in [-0.25, -0.2) is 0 Å². The van der Waals surface area contributed by atoms with E-state index in [1.807, 2.05) is 62.4 Å². The lowest BCUT2D eigenvalue weighted by molar-refractivity contribution is 0.0951. The molecule has 1 amide bonds. The monoisotopic (exact) mass is 517 g/mol. The van der Waals surface area contributed by atoms with E-state index in [1.165, 1.54) is 10.9 Å². The molecule has 194 valence electrons. The van der Waals surface area contributed by atoms with Crippen LogP contribution in [0.1, 0.15) is 27.0 Å². The Hall–Kier alpha value is -5.24. The Morgan fingerprint density at radius 2 is 1.69 bits per heavy atom. The molecule has 5 rings (SSSR count). The van der Waals surface area contributed by atoms with Crippen LogP contribution < -0.4 is 20.9 Å². The minimum absolute atomic E-state index is 0.195. The number of aromatic nitrogens is 3. The number of amides is 1. The lowest BCUT2D eigenvalue weighted by atomic mass is 10.1. The Labute approximate surface area is 225 Å². The molecule has 0 spiro atoms. The summed E-state index contributed by atoms with van der Waals surface area (Å²) in [6, 6.07) is 25.6. The van der Waals surface area contributed by atoms with Gasteiger partial charge in [-0.05, 0) is 79.1 Å². The van der Waals surface area contributed by atoms with E-state index in [2.05, 4.69) is 20.7 Å². The fourth-order valence-electron chi connectivity index (χ4n) is 4.17. The van der Waals surface area contributed by atoms with Crippen molar-refractivity contribution in [2.75, 3.05) is 5.32 Å². The molecule has 5 aromatic rings. The van der Waals surface area contributed by atoms with Crippen LogP contribution in [0.3, 0.4) is 0 Å². The van der Waals surface area contributed by atoms with Crippen molar-refractivity contribution in [1.29, 1.82) is 0 Å². The Balaban J connectivity index is 1.47. The van der Waals surface area contributed by atoms with Crippen molar-refractivity contribution in [3.63, 3.8) is 0 Å². The van der Waals surface area contributed by atoms with Gasteiger partial charge in [-0.2, -0.15) is 9.78 Å². The first-order valence-electron chi connectivity index (χ1n) is 12.4. The number of carbonyl (C=O) groups is 1. The number of pyridine rings is 1. The number of anilines is 2. The lowest BCUT2D eigenvalue weighted by Gasteiger charge is -2.15. The second-order valence-corrected chi connectivity index (χ2v) is 9.11. The highest BCUT2D eigenvalue weighted by molar-refractivity contribution is 5.95. The number of aryl methyl sites for hydroxylation is 2. The summed E-state index contributed by atoms with van der Waals surface area (Å²) >= 11 is 0. The molecule has 0 aliphatic carbocycles. The summed E-state index contributed by atoms with van der Waals surface area (Å²) in [6.07, 6.45) is 4.90. The van der Waals surface area contributed by atoms with Crippen molar-refractivity contribution in [2.45, 2.75) is 20.4 Å². The van der Waals surface area contributed by atoms with Crippen LogP contribution in [0.2, 0.25) is 0 Å². The van der Waals surface area contributed by atoms with E-state index < -0.39 is 5.56 Å². The van der Waals surface area contributed by atoms with Crippen molar-refractivity contribution in [3.05, 3.63) is 136 Å².